The van der Waals surface area contributed by atoms with Crippen LogP contribution in [0, 0.1) is 5.92 Å². The molecule has 0 aromatic heterocycles. The first-order valence-corrected chi connectivity index (χ1v) is 5.78. The second-order valence-electron chi connectivity index (χ2n) is 4.54. The van der Waals surface area contributed by atoms with Gasteiger partial charge in [-0.1, -0.05) is 6.42 Å². The van der Waals surface area contributed by atoms with Crippen molar-refractivity contribution in [3.05, 3.63) is 0 Å². The van der Waals surface area contributed by atoms with E-state index < -0.39 is 5.97 Å². The van der Waals surface area contributed by atoms with Crippen molar-refractivity contribution >= 4 is 11.9 Å². The summed E-state index contributed by atoms with van der Waals surface area (Å²) in [4.78, 5) is 22.1. The van der Waals surface area contributed by atoms with E-state index in [4.69, 9.17) is 10.8 Å². The highest BCUT2D eigenvalue weighted by molar-refractivity contribution is 5.80. The molecule has 0 radical (unpaired) electrons. The Hall–Kier alpha value is -1.10. The van der Waals surface area contributed by atoms with Crippen LogP contribution in [0.5, 0.6) is 0 Å². The Morgan fingerprint density at radius 2 is 2.19 bits per heavy atom. The van der Waals surface area contributed by atoms with E-state index >= 15 is 0 Å². The summed E-state index contributed by atoms with van der Waals surface area (Å²) < 4.78 is 0. The van der Waals surface area contributed by atoms with Gasteiger partial charge in [-0.2, -0.15) is 0 Å². The van der Waals surface area contributed by atoms with Crippen molar-refractivity contribution in [1.29, 1.82) is 0 Å². The molecule has 16 heavy (non-hydrogen) atoms. The first-order chi connectivity index (χ1) is 7.50. The van der Waals surface area contributed by atoms with Gasteiger partial charge in [0.25, 0.3) is 0 Å². The molecule has 0 heterocycles. The van der Waals surface area contributed by atoms with Crippen LogP contribution < -0.4 is 11.1 Å². The normalized spacial score (nSPS) is 26.4. The van der Waals surface area contributed by atoms with E-state index in [-0.39, 0.29) is 30.3 Å². The maximum Gasteiger partial charge on any atom is 0.303 e. The van der Waals surface area contributed by atoms with Gasteiger partial charge in [0, 0.05) is 18.5 Å². The third-order valence-corrected chi connectivity index (χ3v) is 3.09. The van der Waals surface area contributed by atoms with E-state index in [1.54, 1.807) is 0 Å². The zero-order chi connectivity index (χ0) is 12.1. The van der Waals surface area contributed by atoms with E-state index in [1.165, 1.54) is 0 Å². The van der Waals surface area contributed by atoms with Gasteiger partial charge in [0.2, 0.25) is 5.91 Å². The van der Waals surface area contributed by atoms with Gasteiger partial charge >= 0.3 is 5.97 Å². The number of carbonyl (C=O) groups is 2. The third kappa shape index (κ3) is 3.81. The van der Waals surface area contributed by atoms with Crippen LogP contribution in [0.3, 0.4) is 0 Å². The zero-order valence-corrected chi connectivity index (χ0v) is 9.61. The largest absolute Gasteiger partial charge is 0.481 e. The van der Waals surface area contributed by atoms with Gasteiger partial charge in [-0.15, -0.1) is 0 Å². The molecule has 3 atom stereocenters. The van der Waals surface area contributed by atoms with Crippen molar-refractivity contribution in [2.75, 3.05) is 0 Å². The van der Waals surface area contributed by atoms with Gasteiger partial charge in [0.15, 0.2) is 0 Å². The summed E-state index contributed by atoms with van der Waals surface area (Å²) in [5.74, 6) is -0.950. The monoisotopic (exact) mass is 228 g/mol. The Balaban J connectivity index is 2.30. The fraction of sp³-hybridized carbons (Fsp3) is 0.818. The van der Waals surface area contributed by atoms with Crippen LogP contribution >= 0.6 is 0 Å². The summed E-state index contributed by atoms with van der Waals surface area (Å²) in [6.07, 6.45) is 3.30. The fourth-order valence-corrected chi connectivity index (χ4v) is 2.08. The molecule has 3 unspecified atom stereocenters. The maximum absolute atomic E-state index is 11.8. The van der Waals surface area contributed by atoms with E-state index in [0.717, 1.165) is 19.3 Å². The molecule has 1 aliphatic rings. The summed E-state index contributed by atoms with van der Waals surface area (Å²) >= 11 is 0. The molecule has 0 saturated heterocycles. The van der Waals surface area contributed by atoms with Crippen LogP contribution in [-0.2, 0) is 9.59 Å². The van der Waals surface area contributed by atoms with Crippen molar-refractivity contribution in [2.24, 2.45) is 11.7 Å². The molecule has 4 N–H and O–H groups in total. The minimum atomic E-state index is -0.835. The lowest BCUT2D eigenvalue weighted by Crippen LogP contribution is -2.42. The molecule has 1 amide bonds. The number of nitrogens with one attached hydrogen (secondary N) is 1. The second-order valence-corrected chi connectivity index (χ2v) is 4.54. The van der Waals surface area contributed by atoms with Gasteiger partial charge in [0.05, 0.1) is 5.92 Å². The number of carboxylic acid groups (broad SMARTS) is 1. The maximum atomic E-state index is 11.8. The number of amides is 1. The van der Waals surface area contributed by atoms with E-state index in [9.17, 15) is 9.59 Å². The molecule has 0 aromatic rings. The molecule has 0 spiro atoms. The topological polar surface area (TPSA) is 92.4 Å². The van der Waals surface area contributed by atoms with Crippen molar-refractivity contribution < 1.29 is 14.7 Å². The number of hydrogen-bond donors (Lipinski definition) is 3. The third-order valence-electron chi connectivity index (χ3n) is 3.09. The van der Waals surface area contributed by atoms with Crippen molar-refractivity contribution in [3.63, 3.8) is 0 Å². The number of rotatable bonds is 5. The zero-order valence-electron chi connectivity index (χ0n) is 9.61. The predicted octanol–water partition coefficient (Wildman–Crippen LogP) is 0.483. The average molecular weight is 228 g/mol. The number of nitrogens with two attached hydrogens (primary N) is 1. The van der Waals surface area contributed by atoms with Crippen LogP contribution in [0.1, 0.15) is 39.0 Å². The molecule has 5 heteroatoms. The Morgan fingerprint density at radius 3 is 2.69 bits per heavy atom. The Kier molecular flexibility index (Phi) is 4.73. The van der Waals surface area contributed by atoms with Crippen molar-refractivity contribution in [3.8, 4) is 0 Å². The smallest absolute Gasteiger partial charge is 0.303 e. The number of aliphatic carboxylic acids is 1. The number of carboxylic acids is 1. The summed E-state index contributed by atoms with van der Waals surface area (Å²) in [5, 5.41) is 11.3. The number of hydrogen-bond acceptors (Lipinski definition) is 3. The molecule has 1 rings (SSSR count). The molecule has 92 valence electrons. The standard InChI is InChI=1S/C11H20N2O3/c1-7(5-6-10(14)15)13-11(16)8-3-2-4-9(8)12/h7-9H,2-6,12H2,1H3,(H,13,16)(H,14,15). The fourth-order valence-electron chi connectivity index (χ4n) is 2.08. The van der Waals surface area contributed by atoms with Crippen LogP contribution in [0.2, 0.25) is 0 Å². The molecule has 1 fully saturated rings. The highest BCUT2D eigenvalue weighted by Gasteiger charge is 2.30. The van der Waals surface area contributed by atoms with Gasteiger partial charge in [0.1, 0.15) is 0 Å². The lowest BCUT2D eigenvalue weighted by atomic mass is 10.0. The second kappa shape index (κ2) is 5.84. The first-order valence-electron chi connectivity index (χ1n) is 5.78. The Bertz CT molecular complexity index is 268. The minimum absolute atomic E-state index is 0.0251. The van der Waals surface area contributed by atoms with Crippen LogP contribution in [0.15, 0.2) is 0 Å². The lowest BCUT2D eigenvalue weighted by molar-refractivity contribution is -0.137. The molecular formula is C11H20N2O3. The molecule has 5 nitrogen and oxygen atoms in total. The molecule has 0 bridgehead atoms. The summed E-state index contributed by atoms with van der Waals surface area (Å²) in [6, 6.07) is -0.136. The van der Waals surface area contributed by atoms with Gasteiger partial charge in [-0.05, 0) is 26.2 Å². The molecule has 0 aliphatic heterocycles. The van der Waals surface area contributed by atoms with E-state index in [2.05, 4.69) is 5.32 Å². The van der Waals surface area contributed by atoms with Crippen LogP contribution in [0.25, 0.3) is 0 Å². The minimum Gasteiger partial charge on any atom is -0.481 e. The van der Waals surface area contributed by atoms with Gasteiger partial charge in [-0.25, -0.2) is 0 Å². The highest BCUT2D eigenvalue weighted by Crippen LogP contribution is 2.24. The molecule has 0 aromatic carbocycles. The Morgan fingerprint density at radius 1 is 1.50 bits per heavy atom. The van der Waals surface area contributed by atoms with Gasteiger partial charge in [-0.3, -0.25) is 9.59 Å². The molecule has 1 aliphatic carbocycles. The van der Waals surface area contributed by atoms with Crippen molar-refractivity contribution in [2.45, 2.75) is 51.1 Å². The predicted molar refractivity (Wildman–Crippen MR) is 59.8 cm³/mol. The molecule has 1 saturated carbocycles. The number of carbonyl (C=O) groups excluding carboxylic acids is 1. The Labute approximate surface area is 95.4 Å². The first kappa shape index (κ1) is 13.0. The lowest BCUT2D eigenvalue weighted by Gasteiger charge is -2.19. The molecular weight excluding hydrogens is 208 g/mol. The van der Waals surface area contributed by atoms with Gasteiger partial charge < -0.3 is 16.2 Å². The average Bonchev–Trinajstić information content (AvgIpc) is 2.61. The quantitative estimate of drug-likeness (QED) is 0.638. The summed E-state index contributed by atoms with van der Waals surface area (Å²) in [7, 11) is 0. The SMILES string of the molecule is CC(CCC(=O)O)NC(=O)C1CCCC1N. The van der Waals surface area contributed by atoms with Crippen LogP contribution in [0.4, 0.5) is 0 Å². The van der Waals surface area contributed by atoms with Crippen LogP contribution in [-0.4, -0.2) is 29.1 Å². The van der Waals surface area contributed by atoms with E-state index in [1.807, 2.05) is 6.92 Å². The summed E-state index contributed by atoms with van der Waals surface area (Å²) in [6.45, 7) is 1.82. The summed E-state index contributed by atoms with van der Waals surface area (Å²) in [5.41, 5.74) is 5.82. The van der Waals surface area contributed by atoms with E-state index in [0.29, 0.717) is 6.42 Å². The van der Waals surface area contributed by atoms with Crippen molar-refractivity contribution in [1.82, 2.24) is 5.32 Å². The highest BCUT2D eigenvalue weighted by atomic mass is 16.4.